The maximum atomic E-state index is 13.5. The van der Waals surface area contributed by atoms with Gasteiger partial charge in [-0.3, -0.25) is 0 Å². The highest BCUT2D eigenvalue weighted by molar-refractivity contribution is 9.09. The maximum Gasteiger partial charge on any atom is 0.151 e. The largest absolute Gasteiger partial charge is 0.217 e. The molecule has 0 aliphatic carbocycles. The average molecular weight is 302 g/mol. The third-order valence-corrected chi connectivity index (χ3v) is 3.46. The van der Waals surface area contributed by atoms with Crippen molar-refractivity contribution in [3.8, 4) is 5.69 Å². The Morgan fingerprint density at radius 3 is 2.82 bits per heavy atom. The van der Waals surface area contributed by atoms with Crippen LogP contribution >= 0.6 is 15.9 Å². The Morgan fingerprint density at radius 1 is 1.41 bits per heavy atom. The Balaban J connectivity index is 2.37. The van der Waals surface area contributed by atoms with E-state index in [4.69, 9.17) is 0 Å². The normalized spacial score (nSPS) is 12.7. The lowest BCUT2D eigenvalue weighted by molar-refractivity contribution is 0.572. The molecule has 1 aromatic carbocycles. The first-order chi connectivity index (χ1) is 8.11. The van der Waals surface area contributed by atoms with Gasteiger partial charge in [0.2, 0.25) is 0 Å². The molecule has 0 aliphatic heterocycles. The SMILES string of the molecule is CCC(Br)c1cn(-c2ccc(F)cc2F)nn1. The zero-order chi connectivity index (χ0) is 12.4. The van der Waals surface area contributed by atoms with Crippen LogP contribution in [-0.2, 0) is 0 Å². The number of nitrogens with zero attached hydrogens (tertiary/aromatic N) is 3. The monoisotopic (exact) mass is 301 g/mol. The van der Waals surface area contributed by atoms with Crippen molar-refractivity contribution in [1.82, 2.24) is 15.0 Å². The summed E-state index contributed by atoms with van der Waals surface area (Å²) in [6.45, 7) is 2.00. The Morgan fingerprint density at radius 2 is 2.18 bits per heavy atom. The minimum Gasteiger partial charge on any atom is -0.217 e. The summed E-state index contributed by atoms with van der Waals surface area (Å²) in [6, 6.07) is 3.34. The molecule has 0 amide bonds. The van der Waals surface area contributed by atoms with Gasteiger partial charge < -0.3 is 0 Å². The van der Waals surface area contributed by atoms with Crippen LogP contribution in [0.25, 0.3) is 5.69 Å². The number of rotatable bonds is 3. The number of hydrogen-bond donors (Lipinski definition) is 0. The predicted octanol–water partition coefficient (Wildman–Crippen LogP) is 3.39. The fourth-order valence-electron chi connectivity index (χ4n) is 1.41. The number of benzene rings is 1. The zero-order valence-corrected chi connectivity index (χ0v) is 10.7. The Labute approximate surface area is 106 Å². The molecule has 2 rings (SSSR count). The van der Waals surface area contributed by atoms with Gasteiger partial charge in [-0.15, -0.1) is 5.10 Å². The molecule has 0 spiro atoms. The van der Waals surface area contributed by atoms with Crippen LogP contribution in [0.2, 0.25) is 0 Å². The van der Waals surface area contributed by atoms with Crippen LogP contribution in [0.1, 0.15) is 23.9 Å². The molecule has 90 valence electrons. The van der Waals surface area contributed by atoms with Crippen LogP contribution in [0.15, 0.2) is 24.4 Å². The second kappa shape index (κ2) is 4.91. The Hall–Kier alpha value is -1.30. The first-order valence-electron chi connectivity index (χ1n) is 5.13. The molecule has 1 unspecified atom stereocenters. The summed E-state index contributed by atoms with van der Waals surface area (Å²) in [6.07, 6.45) is 2.48. The van der Waals surface area contributed by atoms with Crippen LogP contribution in [0.4, 0.5) is 8.78 Å². The van der Waals surface area contributed by atoms with Crippen LogP contribution in [0.3, 0.4) is 0 Å². The van der Waals surface area contributed by atoms with E-state index in [0.29, 0.717) is 0 Å². The lowest BCUT2D eigenvalue weighted by Gasteiger charge is -2.02. The number of halogens is 3. The topological polar surface area (TPSA) is 30.7 Å². The highest BCUT2D eigenvalue weighted by atomic mass is 79.9. The fourth-order valence-corrected chi connectivity index (χ4v) is 1.62. The van der Waals surface area contributed by atoms with Gasteiger partial charge in [0, 0.05) is 6.07 Å². The minimum atomic E-state index is -0.663. The van der Waals surface area contributed by atoms with E-state index in [1.54, 1.807) is 6.20 Å². The van der Waals surface area contributed by atoms with Gasteiger partial charge in [0.15, 0.2) is 5.82 Å². The van der Waals surface area contributed by atoms with Gasteiger partial charge in [0.05, 0.1) is 16.7 Å². The van der Waals surface area contributed by atoms with E-state index in [-0.39, 0.29) is 10.5 Å². The van der Waals surface area contributed by atoms with Crippen molar-refractivity contribution in [2.75, 3.05) is 0 Å². The van der Waals surface area contributed by atoms with Crippen LogP contribution in [0, 0.1) is 11.6 Å². The molecular formula is C11H10BrF2N3. The standard InChI is InChI=1S/C11H10BrF2N3/c1-2-8(12)10-6-17(16-15-10)11-4-3-7(13)5-9(11)14/h3-6,8H,2H2,1H3. The molecule has 0 fully saturated rings. The van der Waals surface area contributed by atoms with Crippen LogP contribution in [0.5, 0.6) is 0 Å². The van der Waals surface area contributed by atoms with E-state index < -0.39 is 11.6 Å². The molecule has 2 aromatic rings. The molecule has 6 heteroatoms. The fraction of sp³-hybridized carbons (Fsp3) is 0.273. The highest BCUT2D eigenvalue weighted by Crippen LogP contribution is 2.24. The Kier molecular flexibility index (Phi) is 3.51. The lowest BCUT2D eigenvalue weighted by atomic mass is 10.2. The van der Waals surface area contributed by atoms with E-state index in [2.05, 4.69) is 26.2 Å². The average Bonchev–Trinajstić information content (AvgIpc) is 2.77. The molecule has 1 atom stereocenters. The van der Waals surface area contributed by atoms with E-state index >= 15 is 0 Å². The molecule has 1 aromatic heterocycles. The molecule has 0 saturated carbocycles. The summed E-state index contributed by atoms with van der Waals surface area (Å²) in [5, 5.41) is 7.75. The predicted molar refractivity (Wildman–Crippen MR) is 63.2 cm³/mol. The quantitative estimate of drug-likeness (QED) is 0.814. The van der Waals surface area contributed by atoms with Crippen molar-refractivity contribution in [3.63, 3.8) is 0 Å². The van der Waals surface area contributed by atoms with E-state index in [9.17, 15) is 8.78 Å². The summed E-state index contributed by atoms with van der Waals surface area (Å²) in [4.78, 5) is 0.0831. The van der Waals surface area contributed by atoms with Gasteiger partial charge in [-0.1, -0.05) is 28.1 Å². The van der Waals surface area contributed by atoms with Crippen molar-refractivity contribution >= 4 is 15.9 Å². The van der Waals surface area contributed by atoms with Crippen molar-refractivity contribution in [2.24, 2.45) is 0 Å². The van der Waals surface area contributed by atoms with Crippen LogP contribution < -0.4 is 0 Å². The van der Waals surface area contributed by atoms with E-state index in [1.807, 2.05) is 6.92 Å². The van der Waals surface area contributed by atoms with Gasteiger partial charge in [-0.05, 0) is 18.6 Å². The summed E-state index contributed by atoms with van der Waals surface area (Å²) < 4.78 is 27.5. The second-order valence-corrected chi connectivity index (χ2v) is 4.66. The third kappa shape index (κ3) is 2.52. The van der Waals surface area contributed by atoms with Gasteiger partial charge in [-0.25, -0.2) is 13.5 Å². The molecule has 1 heterocycles. The molecule has 0 N–H and O–H groups in total. The van der Waals surface area contributed by atoms with Gasteiger partial charge in [-0.2, -0.15) is 0 Å². The van der Waals surface area contributed by atoms with Crippen molar-refractivity contribution in [1.29, 1.82) is 0 Å². The summed E-state index contributed by atoms with van der Waals surface area (Å²) in [5.41, 5.74) is 0.900. The molecule has 0 bridgehead atoms. The molecule has 17 heavy (non-hydrogen) atoms. The van der Waals surface area contributed by atoms with Crippen molar-refractivity contribution in [2.45, 2.75) is 18.2 Å². The number of alkyl halides is 1. The second-order valence-electron chi connectivity index (χ2n) is 3.56. The number of aromatic nitrogens is 3. The molecule has 0 saturated heterocycles. The van der Waals surface area contributed by atoms with E-state index in [1.165, 1.54) is 16.8 Å². The summed E-state index contributed by atoms with van der Waals surface area (Å²) in [7, 11) is 0. The third-order valence-electron chi connectivity index (χ3n) is 2.35. The summed E-state index contributed by atoms with van der Waals surface area (Å²) >= 11 is 3.43. The lowest BCUT2D eigenvalue weighted by Crippen LogP contribution is -1.99. The van der Waals surface area contributed by atoms with Crippen molar-refractivity contribution in [3.05, 3.63) is 41.7 Å². The first-order valence-corrected chi connectivity index (χ1v) is 6.05. The molecular weight excluding hydrogens is 292 g/mol. The van der Waals surface area contributed by atoms with E-state index in [0.717, 1.165) is 18.2 Å². The molecule has 0 aliphatic rings. The molecule has 3 nitrogen and oxygen atoms in total. The maximum absolute atomic E-state index is 13.5. The van der Waals surface area contributed by atoms with Gasteiger partial charge >= 0.3 is 0 Å². The Bertz CT molecular complexity index is 527. The summed E-state index contributed by atoms with van der Waals surface area (Å²) in [5.74, 6) is -1.28. The molecule has 0 radical (unpaired) electrons. The van der Waals surface area contributed by atoms with Crippen LogP contribution in [-0.4, -0.2) is 15.0 Å². The smallest absolute Gasteiger partial charge is 0.151 e. The first kappa shape index (κ1) is 12.2. The van der Waals surface area contributed by atoms with Gasteiger partial charge in [0.25, 0.3) is 0 Å². The van der Waals surface area contributed by atoms with Gasteiger partial charge in [0.1, 0.15) is 11.5 Å². The number of hydrogen-bond acceptors (Lipinski definition) is 2. The zero-order valence-electron chi connectivity index (χ0n) is 9.07. The highest BCUT2D eigenvalue weighted by Gasteiger charge is 2.12. The van der Waals surface area contributed by atoms with Crippen molar-refractivity contribution < 1.29 is 8.78 Å². The minimum absolute atomic E-state index is 0.0831.